The Morgan fingerprint density at radius 2 is 1.90 bits per heavy atom. The smallest absolute Gasteiger partial charge is 0.123 e. The summed E-state index contributed by atoms with van der Waals surface area (Å²) in [6.45, 7) is 7.90. The monoisotopic (exact) mass is 268 g/mol. The van der Waals surface area contributed by atoms with Gasteiger partial charge in [0.25, 0.3) is 0 Å². The van der Waals surface area contributed by atoms with Gasteiger partial charge >= 0.3 is 0 Å². The van der Waals surface area contributed by atoms with Crippen molar-refractivity contribution in [3.63, 3.8) is 0 Å². The second kappa shape index (κ2) is 7.04. The molecule has 1 aliphatic rings. The minimum Gasteiger partial charge on any atom is -0.207 e. The zero-order valence-corrected chi connectivity index (χ0v) is 11.9. The fraction of sp³-hybridized carbons (Fsp3) is 0.263. The van der Waals surface area contributed by atoms with Gasteiger partial charge in [0.05, 0.1) is 0 Å². The van der Waals surface area contributed by atoms with Crippen LogP contribution in [0.5, 0.6) is 0 Å². The van der Waals surface area contributed by atoms with Crippen LogP contribution in [0.2, 0.25) is 0 Å². The summed E-state index contributed by atoms with van der Waals surface area (Å²) in [6, 6.07) is 6.63. The Morgan fingerprint density at radius 1 is 1.15 bits per heavy atom. The Morgan fingerprint density at radius 3 is 2.55 bits per heavy atom. The van der Waals surface area contributed by atoms with Gasteiger partial charge in [0, 0.05) is 0 Å². The molecule has 0 amide bonds. The molecule has 0 aliphatic heterocycles. The lowest BCUT2D eigenvalue weighted by molar-refractivity contribution is 0.596. The number of hydrogen-bond acceptors (Lipinski definition) is 0. The Labute approximate surface area is 121 Å². The predicted octanol–water partition coefficient (Wildman–Crippen LogP) is 5.84. The van der Waals surface area contributed by atoms with Gasteiger partial charge in [-0.15, -0.1) is 0 Å². The van der Waals surface area contributed by atoms with E-state index >= 15 is 0 Å². The fourth-order valence-corrected chi connectivity index (χ4v) is 2.60. The van der Waals surface area contributed by atoms with Crippen molar-refractivity contribution in [1.82, 2.24) is 0 Å². The molecule has 0 saturated heterocycles. The molecule has 1 saturated carbocycles. The maximum Gasteiger partial charge on any atom is 0.123 e. The van der Waals surface area contributed by atoms with E-state index < -0.39 is 0 Å². The second-order valence-corrected chi connectivity index (χ2v) is 5.20. The van der Waals surface area contributed by atoms with Gasteiger partial charge in [-0.05, 0) is 54.5 Å². The molecule has 1 aliphatic carbocycles. The predicted molar refractivity (Wildman–Crippen MR) is 84.9 cm³/mol. The lowest BCUT2D eigenvalue weighted by Crippen LogP contribution is -1.98. The van der Waals surface area contributed by atoms with Crippen molar-refractivity contribution in [2.24, 2.45) is 0 Å². The SMILES string of the molecule is C=CC(=C)C(/C=C/c1cccc(F)c1)=C1CCCCC1. The largest absolute Gasteiger partial charge is 0.207 e. The highest BCUT2D eigenvalue weighted by atomic mass is 19.1. The number of benzene rings is 1. The van der Waals surface area contributed by atoms with Gasteiger partial charge in [0.2, 0.25) is 0 Å². The van der Waals surface area contributed by atoms with Crippen molar-refractivity contribution >= 4 is 6.08 Å². The third-order valence-corrected chi connectivity index (χ3v) is 3.72. The van der Waals surface area contributed by atoms with Gasteiger partial charge in [-0.2, -0.15) is 0 Å². The summed E-state index contributed by atoms with van der Waals surface area (Å²) in [5.74, 6) is -0.207. The molecule has 1 aromatic carbocycles. The summed E-state index contributed by atoms with van der Waals surface area (Å²) in [5.41, 5.74) is 4.45. The molecule has 1 aromatic rings. The Balaban J connectivity index is 2.28. The molecule has 0 aromatic heterocycles. The molecule has 1 fully saturated rings. The first-order valence-electron chi connectivity index (χ1n) is 7.18. The zero-order chi connectivity index (χ0) is 14.4. The molecule has 0 heterocycles. The third-order valence-electron chi connectivity index (χ3n) is 3.72. The highest BCUT2D eigenvalue weighted by Crippen LogP contribution is 2.30. The summed E-state index contributed by atoms with van der Waals surface area (Å²) in [5, 5.41) is 0. The quantitative estimate of drug-likeness (QED) is 0.601. The molecule has 0 spiro atoms. The van der Waals surface area contributed by atoms with Crippen LogP contribution >= 0.6 is 0 Å². The van der Waals surface area contributed by atoms with Gasteiger partial charge in [-0.1, -0.05) is 55.5 Å². The topological polar surface area (TPSA) is 0 Å². The van der Waals surface area contributed by atoms with E-state index in [-0.39, 0.29) is 5.82 Å². The molecule has 0 bridgehead atoms. The number of rotatable bonds is 4. The maximum atomic E-state index is 13.2. The zero-order valence-electron chi connectivity index (χ0n) is 11.9. The number of allylic oxidation sites excluding steroid dienone is 5. The van der Waals surface area contributed by atoms with Crippen molar-refractivity contribution in [2.75, 3.05) is 0 Å². The Bertz CT molecular complexity index is 553. The molecule has 104 valence electrons. The molecule has 1 heteroatoms. The first kappa shape index (κ1) is 14.5. The van der Waals surface area contributed by atoms with Crippen molar-refractivity contribution in [2.45, 2.75) is 32.1 Å². The van der Waals surface area contributed by atoms with E-state index in [1.807, 2.05) is 12.1 Å². The molecule has 0 atom stereocenters. The van der Waals surface area contributed by atoms with Crippen molar-refractivity contribution in [3.8, 4) is 0 Å². The highest BCUT2D eigenvalue weighted by molar-refractivity contribution is 5.59. The third kappa shape index (κ3) is 3.80. The van der Waals surface area contributed by atoms with E-state index in [4.69, 9.17) is 0 Å². The summed E-state index contributed by atoms with van der Waals surface area (Å²) in [4.78, 5) is 0. The lowest BCUT2D eigenvalue weighted by Gasteiger charge is -2.18. The van der Waals surface area contributed by atoms with Crippen LogP contribution in [0, 0.1) is 5.82 Å². The van der Waals surface area contributed by atoms with Crippen LogP contribution in [-0.2, 0) is 0 Å². The van der Waals surface area contributed by atoms with Gasteiger partial charge in [0.1, 0.15) is 5.82 Å². The van der Waals surface area contributed by atoms with Gasteiger partial charge in [-0.25, -0.2) is 4.39 Å². The molecule has 20 heavy (non-hydrogen) atoms. The number of hydrogen-bond donors (Lipinski definition) is 0. The van der Waals surface area contributed by atoms with Gasteiger partial charge < -0.3 is 0 Å². The molecule has 0 radical (unpaired) electrons. The minimum atomic E-state index is -0.207. The van der Waals surface area contributed by atoms with Gasteiger partial charge in [-0.3, -0.25) is 0 Å². The molecule has 0 unspecified atom stereocenters. The second-order valence-electron chi connectivity index (χ2n) is 5.20. The lowest BCUT2D eigenvalue weighted by atomic mass is 9.88. The van der Waals surface area contributed by atoms with Crippen LogP contribution in [-0.4, -0.2) is 0 Å². The summed E-state index contributed by atoms with van der Waals surface area (Å²) < 4.78 is 13.2. The highest BCUT2D eigenvalue weighted by Gasteiger charge is 2.10. The van der Waals surface area contributed by atoms with Crippen LogP contribution in [0.25, 0.3) is 6.08 Å². The summed E-state index contributed by atoms with van der Waals surface area (Å²) in [6.07, 6.45) is 11.9. The van der Waals surface area contributed by atoms with E-state index in [0.717, 1.165) is 24.0 Å². The first-order valence-corrected chi connectivity index (χ1v) is 7.18. The van der Waals surface area contributed by atoms with E-state index in [9.17, 15) is 4.39 Å². The van der Waals surface area contributed by atoms with Crippen molar-refractivity contribution < 1.29 is 4.39 Å². The normalized spacial score (nSPS) is 15.3. The van der Waals surface area contributed by atoms with E-state index in [1.54, 1.807) is 12.1 Å². The van der Waals surface area contributed by atoms with E-state index in [1.165, 1.54) is 42.5 Å². The molecule has 0 nitrogen and oxygen atoms in total. The first-order chi connectivity index (χ1) is 9.70. The molecular formula is C19H21F. The van der Waals surface area contributed by atoms with Crippen LogP contribution in [0.3, 0.4) is 0 Å². The van der Waals surface area contributed by atoms with E-state index in [2.05, 4.69) is 19.2 Å². The molecular weight excluding hydrogens is 247 g/mol. The minimum absolute atomic E-state index is 0.207. The summed E-state index contributed by atoms with van der Waals surface area (Å²) in [7, 11) is 0. The standard InChI is InChI=1S/C19H21F/c1-3-15(2)19(17-9-5-4-6-10-17)13-12-16-8-7-11-18(20)14-16/h3,7-8,11-14H,1-2,4-6,9-10H2/b13-12+. The van der Waals surface area contributed by atoms with Crippen LogP contribution < -0.4 is 0 Å². The molecule has 0 N–H and O–H groups in total. The average Bonchev–Trinajstić information content (AvgIpc) is 2.48. The average molecular weight is 268 g/mol. The van der Waals surface area contributed by atoms with E-state index in [0.29, 0.717) is 0 Å². The van der Waals surface area contributed by atoms with Crippen molar-refractivity contribution in [1.29, 1.82) is 0 Å². The number of halogens is 1. The maximum absolute atomic E-state index is 13.2. The van der Waals surface area contributed by atoms with Crippen molar-refractivity contribution in [3.05, 3.63) is 77.7 Å². The Kier molecular flexibility index (Phi) is 5.11. The van der Waals surface area contributed by atoms with Crippen LogP contribution in [0.15, 0.2) is 66.3 Å². The Hall–Kier alpha value is -1.89. The fourth-order valence-electron chi connectivity index (χ4n) is 2.60. The molecule has 2 rings (SSSR count). The van der Waals surface area contributed by atoms with Crippen LogP contribution in [0.1, 0.15) is 37.7 Å². The summed E-state index contributed by atoms with van der Waals surface area (Å²) >= 11 is 0. The van der Waals surface area contributed by atoms with Crippen LogP contribution in [0.4, 0.5) is 4.39 Å². The van der Waals surface area contributed by atoms with Gasteiger partial charge in [0.15, 0.2) is 0 Å².